The maximum Gasteiger partial charge on any atom is 0.241 e. The average molecular weight is 474 g/mol. The van der Waals surface area contributed by atoms with Crippen LogP contribution < -0.4 is 5.32 Å². The van der Waals surface area contributed by atoms with Crippen LogP contribution in [0.3, 0.4) is 0 Å². The maximum absolute atomic E-state index is 14.7. The number of nitrogens with zero attached hydrogens (tertiary/aromatic N) is 5. The van der Waals surface area contributed by atoms with Crippen LogP contribution in [0.1, 0.15) is 24.8 Å². The normalized spacial score (nSPS) is 21.8. The number of nitriles is 1. The first-order valence-corrected chi connectivity index (χ1v) is 12.0. The van der Waals surface area contributed by atoms with Crippen molar-refractivity contribution in [2.75, 3.05) is 18.4 Å². The number of fused-ring (bicyclic) bond motifs is 1. The molecule has 2 atom stereocenters. The number of sulfonamides is 1. The Labute approximate surface area is 188 Å². The molecule has 2 aromatic heterocycles. The SMILES string of the molecule is N#Cc1cccc(-c2cc(F)c3cnc(N[C@@H]4CCN(S(=O)(=O)C5CC5)C[C@H]4O)nn23)c1F. The summed E-state index contributed by atoms with van der Waals surface area (Å²) in [5.74, 6) is -1.37. The standard InChI is InChI=1S/C21H20F2N6O3S/c22-15-8-17(14-3-1-2-12(9-24)20(14)23)29-18(15)10-25-21(27-29)26-16-6-7-28(11-19(16)30)33(31,32)13-4-5-13/h1-3,8,10,13,16,19,30H,4-7,11H2,(H,26,27)/t16-,19-/m1/s1. The van der Waals surface area contributed by atoms with Crippen molar-refractivity contribution in [3.05, 3.63) is 47.7 Å². The molecule has 0 spiro atoms. The molecule has 33 heavy (non-hydrogen) atoms. The minimum Gasteiger partial charge on any atom is -0.390 e. The molecule has 2 N–H and O–H groups in total. The van der Waals surface area contributed by atoms with Crippen LogP contribution >= 0.6 is 0 Å². The van der Waals surface area contributed by atoms with Crippen molar-refractivity contribution in [3.63, 3.8) is 0 Å². The van der Waals surface area contributed by atoms with E-state index in [0.29, 0.717) is 19.3 Å². The molecule has 2 fully saturated rings. The van der Waals surface area contributed by atoms with Crippen molar-refractivity contribution < 1.29 is 22.3 Å². The number of hydrogen-bond acceptors (Lipinski definition) is 7. The summed E-state index contributed by atoms with van der Waals surface area (Å²) in [6, 6.07) is 6.60. The van der Waals surface area contributed by atoms with Gasteiger partial charge in [-0.15, -0.1) is 5.10 Å². The molecule has 9 nitrogen and oxygen atoms in total. The predicted octanol–water partition coefficient (Wildman–Crippen LogP) is 1.89. The molecule has 0 amide bonds. The van der Waals surface area contributed by atoms with E-state index in [1.807, 2.05) is 0 Å². The summed E-state index contributed by atoms with van der Waals surface area (Å²) < 4.78 is 56.6. The molecule has 1 aliphatic heterocycles. The van der Waals surface area contributed by atoms with Gasteiger partial charge in [0.05, 0.1) is 34.8 Å². The van der Waals surface area contributed by atoms with E-state index in [4.69, 9.17) is 5.26 Å². The number of aliphatic hydroxyl groups is 1. The van der Waals surface area contributed by atoms with Crippen LogP contribution in [0.2, 0.25) is 0 Å². The van der Waals surface area contributed by atoms with Crippen molar-refractivity contribution in [1.29, 1.82) is 5.26 Å². The maximum atomic E-state index is 14.7. The summed E-state index contributed by atoms with van der Waals surface area (Å²) in [6.07, 6.45) is 1.88. The highest BCUT2D eigenvalue weighted by Gasteiger charge is 2.43. The third kappa shape index (κ3) is 3.82. The Morgan fingerprint density at radius 3 is 2.73 bits per heavy atom. The van der Waals surface area contributed by atoms with Crippen LogP contribution in [0.4, 0.5) is 14.7 Å². The van der Waals surface area contributed by atoms with Crippen LogP contribution in [0.15, 0.2) is 30.5 Å². The van der Waals surface area contributed by atoms with Gasteiger partial charge in [0, 0.05) is 24.7 Å². The van der Waals surface area contributed by atoms with Gasteiger partial charge in [-0.25, -0.2) is 26.7 Å². The minimum absolute atomic E-state index is 0.0104. The molecule has 1 aliphatic carbocycles. The van der Waals surface area contributed by atoms with Gasteiger partial charge in [0.15, 0.2) is 5.82 Å². The highest BCUT2D eigenvalue weighted by atomic mass is 32.2. The third-order valence-corrected chi connectivity index (χ3v) is 8.39. The van der Waals surface area contributed by atoms with E-state index in [-0.39, 0.29) is 46.6 Å². The van der Waals surface area contributed by atoms with Crippen molar-refractivity contribution in [3.8, 4) is 17.3 Å². The molecule has 0 unspecified atom stereocenters. The Kier molecular flexibility index (Phi) is 5.27. The summed E-state index contributed by atoms with van der Waals surface area (Å²) >= 11 is 0. The van der Waals surface area contributed by atoms with Crippen LogP contribution in [0.5, 0.6) is 0 Å². The second-order valence-corrected chi connectivity index (χ2v) is 10.5. The number of hydrogen-bond donors (Lipinski definition) is 2. The average Bonchev–Trinajstić information content (AvgIpc) is 3.61. The molecule has 172 valence electrons. The Morgan fingerprint density at radius 2 is 2.03 bits per heavy atom. The summed E-state index contributed by atoms with van der Waals surface area (Å²) in [5.41, 5.74) is -0.0424. The second-order valence-electron chi connectivity index (χ2n) is 8.24. The first-order valence-electron chi connectivity index (χ1n) is 10.5. The zero-order chi connectivity index (χ0) is 23.3. The number of rotatable bonds is 5. The number of β-amino-alcohol motifs (C(OH)–C–C–N with tert-alkyl or cyclic N) is 1. The van der Waals surface area contributed by atoms with E-state index in [9.17, 15) is 22.3 Å². The largest absolute Gasteiger partial charge is 0.390 e. The Balaban J connectivity index is 1.41. The fourth-order valence-corrected chi connectivity index (χ4v) is 5.95. The molecular weight excluding hydrogens is 454 g/mol. The van der Waals surface area contributed by atoms with E-state index in [0.717, 1.165) is 6.07 Å². The summed E-state index contributed by atoms with van der Waals surface area (Å²) in [5, 5.41) is 26.5. The van der Waals surface area contributed by atoms with E-state index >= 15 is 0 Å². The van der Waals surface area contributed by atoms with Crippen molar-refractivity contribution in [2.24, 2.45) is 0 Å². The number of nitrogens with one attached hydrogen (secondary N) is 1. The smallest absolute Gasteiger partial charge is 0.241 e. The lowest BCUT2D eigenvalue weighted by atomic mass is 10.0. The van der Waals surface area contributed by atoms with Gasteiger partial charge < -0.3 is 10.4 Å². The van der Waals surface area contributed by atoms with Gasteiger partial charge in [-0.3, -0.25) is 0 Å². The van der Waals surface area contributed by atoms with E-state index in [2.05, 4.69) is 15.4 Å². The molecule has 12 heteroatoms. The lowest BCUT2D eigenvalue weighted by Gasteiger charge is -2.35. The Bertz CT molecular complexity index is 1380. The highest BCUT2D eigenvalue weighted by molar-refractivity contribution is 7.90. The molecule has 3 aromatic rings. The Morgan fingerprint density at radius 1 is 1.24 bits per heavy atom. The molecule has 1 saturated heterocycles. The first kappa shape index (κ1) is 21.7. The Hall–Kier alpha value is -3.14. The summed E-state index contributed by atoms with van der Waals surface area (Å²) in [4.78, 5) is 4.09. The number of halogens is 2. The lowest BCUT2D eigenvalue weighted by Crippen LogP contribution is -2.52. The van der Waals surface area contributed by atoms with Gasteiger partial charge in [0.2, 0.25) is 16.0 Å². The lowest BCUT2D eigenvalue weighted by molar-refractivity contribution is 0.0946. The molecule has 1 aromatic carbocycles. The van der Waals surface area contributed by atoms with Gasteiger partial charge in [0.25, 0.3) is 0 Å². The quantitative estimate of drug-likeness (QED) is 0.579. The van der Waals surface area contributed by atoms with Crippen LogP contribution in [0.25, 0.3) is 16.8 Å². The topological polar surface area (TPSA) is 124 Å². The number of anilines is 1. The molecule has 0 bridgehead atoms. The zero-order valence-electron chi connectivity index (χ0n) is 17.3. The molecule has 0 radical (unpaired) electrons. The molecular formula is C21H20F2N6O3S. The van der Waals surface area contributed by atoms with Crippen molar-refractivity contribution >= 4 is 21.5 Å². The predicted molar refractivity (Wildman–Crippen MR) is 115 cm³/mol. The molecule has 3 heterocycles. The van der Waals surface area contributed by atoms with Gasteiger partial charge in [0.1, 0.15) is 17.4 Å². The summed E-state index contributed by atoms with van der Waals surface area (Å²) in [6.45, 7) is 0.222. The highest BCUT2D eigenvalue weighted by Crippen LogP contribution is 2.33. The number of aromatic nitrogens is 3. The van der Waals surface area contributed by atoms with Crippen LogP contribution in [0, 0.1) is 23.0 Å². The van der Waals surface area contributed by atoms with Gasteiger partial charge in [-0.1, -0.05) is 6.07 Å². The zero-order valence-corrected chi connectivity index (χ0v) is 18.1. The third-order valence-electron chi connectivity index (χ3n) is 6.03. The van der Waals surface area contributed by atoms with Gasteiger partial charge in [-0.2, -0.15) is 9.57 Å². The number of benzene rings is 1. The fraction of sp³-hybridized carbons (Fsp3) is 0.381. The molecule has 2 aliphatic rings. The first-order chi connectivity index (χ1) is 15.8. The summed E-state index contributed by atoms with van der Waals surface area (Å²) in [7, 11) is -3.38. The van der Waals surface area contributed by atoms with E-state index in [1.54, 1.807) is 6.07 Å². The van der Waals surface area contributed by atoms with Crippen molar-refractivity contribution in [1.82, 2.24) is 18.9 Å². The van der Waals surface area contributed by atoms with Crippen molar-refractivity contribution in [2.45, 2.75) is 36.7 Å². The van der Waals surface area contributed by atoms with Crippen LogP contribution in [-0.2, 0) is 10.0 Å². The van der Waals surface area contributed by atoms with Crippen LogP contribution in [-0.4, -0.2) is 62.9 Å². The number of piperidine rings is 1. The monoisotopic (exact) mass is 474 g/mol. The molecule has 1 saturated carbocycles. The minimum atomic E-state index is -3.38. The van der Waals surface area contributed by atoms with E-state index < -0.39 is 33.8 Å². The molecule has 5 rings (SSSR count). The van der Waals surface area contributed by atoms with Gasteiger partial charge in [-0.05, 0) is 31.4 Å². The van der Waals surface area contributed by atoms with E-state index in [1.165, 1.54) is 33.2 Å². The fourth-order valence-electron chi connectivity index (χ4n) is 4.07. The number of aliphatic hydroxyl groups excluding tert-OH is 1. The second kappa shape index (κ2) is 8.02. The van der Waals surface area contributed by atoms with Gasteiger partial charge >= 0.3 is 0 Å².